The van der Waals surface area contributed by atoms with E-state index in [1.54, 1.807) is 6.07 Å². The second-order valence-electron chi connectivity index (χ2n) is 5.42. The molecule has 19 heavy (non-hydrogen) atoms. The predicted octanol–water partition coefficient (Wildman–Crippen LogP) is 2.66. The first-order chi connectivity index (χ1) is 9.08. The Morgan fingerprint density at radius 3 is 2.84 bits per heavy atom. The number of nitrogens with zero attached hydrogens (tertiary/aromatic N) is 1. The van der Waals surface area contributed by atoms with E-state index < -0.39 is 0 Å². The van der Waals surface area contributed by atoms with Gasteiger partial charge in [-0.05, 0) is 30.4 Å². The Kier molecular flexibility index (Phi) is 3.46. The van der Waals surface area contributed by atoms with Crippen molar-refractivity contribution in [3.05, 3.63) is 33.8 Å². The summed E-state index contributed by atoms with van der Waals surface area (Å²) in [4.78, 5) is 14.2. The molecule has 0 spiro atoms. The minimum absolute atomic E-state index is 0.0567. The van der Waals surface area contributed by atoms with Gasteiger partial charge in [0.25, 0.3) is 0 Å². The van der Waals surface area contributed by atoms with Gasteiger partial charge in [0.1, 0.15) is 0 Å². The van der Waals surface area contributed by atoms with E-state index in [1.807, 2.05) is 17.0 Å². The Labute approximate surface area is 122 Å². The average molecular weight is 299 g/mol. The third-order valence-electron chi connectivity index (χ3n) is 4.02. The second-order valence-corrected chi connectivity index (χ2v) is 6.21. The van der Waals surface area contributed by atoms with Crippen LogP contribution in [0.25, 0.3) is 0 Å². The smallest absolute Gasteiger partial charge is 0.226 e. The van der Waals surface area contributed by atoms with Crippen molar-refractivity contribution >= 4 is 29.1 Å². The van der Waals surface area contributed by atoms with Crippen LogP contribution in [0.5, 0.6) is 0 Å². The normalized spacial score (nSPS) is 29.6. The number of carbonyl (C=O) groups excluding carboxylic acids is 1. The fourth-order valence-corrected chi connectivity index (χ4v) is 3.29. The lowest BCUT2D eigenvalue weighted by Gasteiger charge is -2.15. The van der Waals surface area contributed by atoms with Crippen LogP contribution in [-0.4, -0.2) is 29.9 Å². The molecule has 1 aromatic rings. The van der Waals surface area contributed by atoms with Gasteiger partial charge in [-0.1, -0.05) is 35.3 Å². The maximum Gasteiger partial charge on any atom is 0.226 e. The number of halogens is 2. The van der Waals surface area contributed by atoms with Crippen molar-refractivity contribution in [3.63, 3.8) is 0 Å². The summed E-state index contributed by atoms with van der Waals surface area (Å²) >= 11 is 12.2. The Hall–Kier alpha value is -0.770. The maximum absolute atomic E-state index is 12.3. The zero-order valence-electron chi connectivity index (χ0n) is 10.5. The van der Waals surface area contributed by atoms with Gasteiger partial charge in [-0.3, -0.25) is 4.79 Å². The highest BCUT2D eigenvalue weighted by Gasteiger charge is 2.47. The molecule has 2 aliphatic rings. The molecule has 0 aromatic heterocycles. The van der Waals surface area contributed by atoms with E-state index in [4.69, 9.17) is 28.9 Å². The first kappa shape index (κ1) is 13.2. The standard InChI is InChI=1S/C14H16Cl2N2O/c15-12-3-1-2-9(13(12)16)10-6-11(10)14(19)18-5-4-8(17)7-18/h1-3,8,10-11H,4-7,17H2/t8-,10?,11?/m1/s1. The largest absolute Gasteiger partial charge is 0.341 e. The molecule has 2 N–H and O–H groups in total. The Morgan fingerprint density at radius 2 is 2.16 bits per heavy atom. The molecule has 5 heteroatoms. The van der Waals surface area contributed by atoms with Gasteiger partial charge < -0.3 is 10.6 Å². The Balaban J connectivity index is 1.71. The van der Waals surface area contributed by atoms with Gasteiger partial charge in [0.15, 0.2) is 0 Å². The molecule has 3 atom stereocenters. The van der Waals surface area contributed by atoms with Crippen LogP contribution in [0.15, 0.2) is 18.2 Å². The molecule has 0 radical (unpaired) electrons. The van der Waals surface area contributed by atoms with E-state index in [0.29, 0.717) is 16.6 Å². The lowest BCUT2D eigenvalue weighted by molar-refractivity contribution is -0.131. The predicted molar refractivity (Wildman–Crippen MR) is 76.5 cm³/mol. The van der Waals surface area contributed by atoms with E-state index in [1.165, 1.54) is 0 Å². The highest BCUT2D eigenvalue weighted by Crippen LogP contribution is 2.51. The summed E-state index contributed by atoms with van der Waals surface area (Å²) in [6, 6.07) is 5.75. The van der Waals surface area contributed by atoms with Gasteiger partial charge in [0.2, 0.25) is 5.91 Å². The van der Waals surface area contributed by atoms with Crippen molar-refractivity contribution in [1.29, 1.82) is 0 Å². The van der Waals surface area contributed by atoms with Gasteiger partial charge in [0.05, 0.1) is 10.0 Å². The van der Waals surface area contributed by atoms with E-state index in [9.17, 15) is 4.79 Å². The van der Waals surface area contributed by atoms with Crippen LogP contribution in [0.3, 0.4) is 0 Å². The zero-order valence-corrected chi connectivity index (χ0v) is 12.0. The average Bonchev–Trinajstić information content (AvgIpc) is 3.06. The van der Waals surface area contributed by atoms with Crippen molar-refractivity contribution < 1.29 is 4.79 Å². The minimum Gasteiger partial charge on any atom is -0.341 e. The molecular formula is C14H16Cl2N2O. The van der Waals surface area contributed by atoms with Crippen LogP contribution in [0.1, 0.15) is 24.3 Å². The van der Waals surface area contributed by atoms with Gasteiger partial charge >= 0.3 is 0 Å². The van der Waals surface area contributed by atoms with Gasteiger partial charge in [-0.2, -0.15) is 0 Å². The van der Waals surface area contributed by atoms with Crippen molar-refractivity contribution in [2.45, 2.75) is 24.8 Å². The number of rotatable bonds is 2. The second kappa shape index (κ2) is 4.97. The lowest BCUT2D eigenvalue weighted by Crippen LogP contribution is -2.33. The highest BCUT2D eigenvalue weighted by atomic mass is 35.5. The van der Waals surface area contributed by atoms with E-state index in [0.717, 1.165) is 24.9 Å². The summed E-state index contributed by atoms with van der Waals surface area (Å²) in [6.07, 6.45) is 1.77. The zero-order chi connectivity index (χ0) is 13.6. The molecule has 1 saturated carbocycles. The molecule has 3 rings (SSSR count). The highest BCUT2D eigenvalue weighted by molar-refractivity contribution is 6.42. The molecule has 3 nitrogen and oxygen atoms in total. The molecule has 0 bridgehead atoms. The summed E-state index contributed by atoms with van der Waals surface area (Å²) < 4.78 is 0. The van der Waals surface area contributed by atoms with Crippen molar-refractivity contribution in [2.75, 3.05) is 13.1 Å². The van der Waals surface area contributed by atoms with Gasteiger partial charge in [-0.15, -0.1) is 0 Å². The molecule has 1 amide bonds. The fraction of sp³-hybridized carbons (Fsp3) is 0.500. The number of hydrogen-bond acceptors (Lipinski definition) is 2. The summed E-state index contributed by atoms with van der Waals surface area (Å²) in [5.74, 6) is 0.491. The van der Waals surface area contributed by atoms with Crippen LogP contribution < -0.4 is 5.73 Å². The molecule has 2 fully saturated rings. The topological polar surface area (TPSA) is 46.3 Å². The number of nitrogens with two attached hydrogens (primary N) is 1. The maximum atomic E-state index is 12.3. The number of carbonyl (C=O) groups is 1. The monoisotopic (exact) mass is 298 g/mol. The Bertz CT molecular complexity index is 520. The van der Waals surface area contributed by atoms with Crippen LogP contribution in [0, 0.1) is 5.92 Å². The molecule has 102 valence electrons. The first-order valence-electron chi connectivity index (χ1n) is 6.56. The number of hydrogen-bond donors (Lipinski definition) is 1. The molecule has 1 saturated heterocycles. The van der Waals surface area contributed by atoms with Crippen molar-refractivity contribution in [2.24, 2.45) is 11.7 Å². The number of likely N-dealkylation sites (tertiary alicyclic amines) is 1. The summed E-state index contributed by atoms with van der Waals surface area (Å²) in [7, 11) is 0. The van der Waals surface area contributed by atoms with Gasteiger partial charge in [0, 0.05) is 25.0 Å². The van der Waals surface area contributed by atoms with E-state index >= 15 is 0 Å². The molecule has 1 aliphatic heterocycles. The SMILES string of the molecule is N[C@@H]1CCN(C(=O)C2CC2c2cccc(Cl)c2Cl)C1. The molecule has 1 aromatic carbocycles. The quantitative estimate of drug-likeness (QED) is 0.912. The van der Waals surface area contributed by atoms with Crippen LogP contribution in [0.2, 0.25) is 10.0 Å². The minimum atomic E-state index is 0.0567. The first-order valence-corrected chi connectivity index (χ1v) is 7.32. The van der Waals surface area contributed by atoms with Crippen molar-refractivity contribution in [3.8, 4) is 0 Å². The third kappa shape index (κ3) is 2.47. The van der Waals surface area contributed by atoms with Crippen LogP contribution in [-0.2, 0) is 4.79 Å². The van der Waals surface area contributed by atoms with Crippen molar-refractivity contribution in [1.82, 2.24) is 4.90 Å². The number of benzene rings is 1. The lowest BCUT2D eigenvalue weighted by atomic mass is 10.1. The van der Waals surface area contributed by atoms with E-state index in [-0.39, 0.29) is 23.8 Å². The molecular weight excluding hydrogens is 283 g/mol. The summed E-state index contributed by atoms with van der Waals surface area (Å²) in [5.41, 5.74) is 6.84. The fourth-order valence-electron chi connectivity index (χ4n) is 2.84. The summed E-state index contributed by atoms with van der Waals surface area (Å²) in [5, 5.41) is 1.14. The molecule has 1 heterocycles. The number of amides is 1. The van der Waals surface area contributed by atoms with E-state index in [2.05, 4.69) is 0 Å². The molecule has 2 unspecified atom stereocenters. The molecule has 1 aliphatic carbocycles. The third-order valence-corrected chi connectivity index (χ3v) is 4.86. The summed E-state index contributed by atoms with van der Waals surface area (Å²) in [6.45, 7) is 1.47. The van der Waals surface area contributed by atoms with Gasteiger partial charge in [-0.25, -0.2) is 0 Å². The van der Waals surface area contributed by atoms with Crippen LogP contribution >= 0.6 is 23.2 Å². The van der Waals surface area contributed by atoms with Crippen LogP contribution in [0.4, 0.5) is 0 Å². The Morgan fingerprint density at radius 1 is 1.37 bits per heavy atom.